The van der Waals surface area contributed by atoms with Crippen LogP contribution >= 0.6 is 15.9 Å². The third kappa shape index (κ3) is 2.61. The molecular formula is C19H13BrN4O2. The van der Waals surface area contributed by atoms with Crippen LogP contribution in [0.3, 0.4) is 0 Å². The number of fused-ring (bicyclic) bond motifs is 2. The van der Waals surface area contributed by atoms with E-state index in [9.17, 15) is 0 Å². The topological polar surface area (TPSA) is 61.5 Å². The van der Waals surface area contributed by atoms with Gasteiger partial charge in [-0.25, -0.2) is 4.98 Å². The lowest BCUT2D eigenvalue weighted by atomic mass is 10.1. The quantitative estimate of drug-likeness (QED) is 0.501. The lowest BCUT2D eigenvalue weighted by Gasteiger charge is -2.18. The second-order valence-electron chi connectivity index (χ2n) is 5.84. The molecule has 0 saturated carbocycles. The zero-order chi connectivity index (χ0) is 17.5. The average molecular weight is 409 g/mol. The van der Waals surface area contributed by atoms with E-state index in [-0.39, 0.29) is 0 Å². The van der Waals surface area contributed by atoms with Crippen molar-refractivity contribution in [3.63, 3.8) is 0 Å². The van der Waals surface area contributed by atoms with E-state index in [4.69, 9.17) is 9.47 Å². The van der Waals surface area contributed by atoms with E-state index in [2.05, 4.69) is 31.0 Å². The molecule has 6 nitrogen and oxygen atoms in total. The number of rotatable bonds is 2. The van der Waals surface area contributed by atoms with Gasteiger partial charge in [0.2, 0.25) is 0 Å². The van der Waals surface area contributed by atoms with Crippen molar-refractivity contribution in [3.8, 4) is 34.1 Å². The van der Waals surface area contributed by atoms with Gasteiger partial charge >= 0.3 is 0 Å². The van der Waals surface area contributed by atoms with Gasteiger partial charge in [-0.1, -0.05) is 28.1 Å². The standard InChI is InChI=1S/C19H13BrN4O2/c20-14-4-1-12(2-5-14)15-7-8-21-19-22-18(23-24(15)19)13-3-6-16-17(11-13)26-10-9-25-16/h1-8,11H,9-10H2. The minimum atomic E-state index is 0.546. The fourth-order valence-corrected chi connectivity index (χ4v) is 3.20. The van der Waals surface area contributed by atoms with Crippen molar-refractivity contribution in [2.45, 2.75) is 0 Å². The van der Waals surface area contributed by atoms with Crippen molar-refractivity contribution in [2.24, 2.45) is 0 Å². The summed E-state index contributed by atoms with van der Waals surface area (Å²) < 4.78 is 14.0. The van der Waals surface area contributed by atoms with E-state index < -0.39 is 0 Å². The summed E-state index contributed by atoms with van der Waals surface area (Å²) in [7, 11) is 0. The van der Waals surface area contributed by atoms with Gasteiger partial charge in [-0.3, -0.25) is 0 Å². The molecule has 1 aliphatic heterocycles. The van der Waals surface area contributed by atoms with Gasteiger partial charge in [0.15, 0.2) is 17.3 Å². The maximum atomic E-state index is 5.66. The van der Waals surface area contributed by atoms with E-state index >= 15 is 0 Å². The summed E-state index contributed by atoms with van der Waals surface area (Å²) in [5, 5.41) is 4.67. The number of benzene rings is 2. The first kappa shape index (κ1) is 15.3. The number of halogens is 1. The van der Waals surface area contributed by atoms with Crippen LogP contribution in [0.2, 0.25) is 0 Å². The molecule has 26 heavy (non-hydrogen) atoms. The molecule has 0 aliphatic carbocycles. The van der Waals surface area contributed by atoms with Gasteiger partial charge in [-0.05, 0) is 36.4 Å². The highest BCUT2D eigenvalue weighted by molar-refractivity contribution is 9.10. The molecule has 0 N–H and O–H groups in total. The molecule has 0 spiro atoms. The average Bonchev–Trinajstić information content (AvgIpc) is 3.13. The summed E-state index contributed by atoms with van der Waals surface area (Å²) in [4.78, 5) is 8.91. The third-order valence-electron chi connectivity index (χ3n) is 4.18. The molecule has 0 unspecified atom stereocenters. The number of aromatic nitrogens is 4. The second kappa shape index (κ2) is 6.10. The Morgan fingerprint density at radius 2 is 1.65 bits per heavy atom. The van der Waals surface area contributed by atoms with E-state index in [0.29, 0.717) is 30.6 Å². The Bertz CT molecular complexity index is 1110. The van der Waals surface area contributed by atoms with E-state index in [1.165, 1.54) is 0 Å². The zero-order valence-corrected chi connectivity index (χ0v) is 15.2. The molecule has 128 valence electrons. The summed E-state index contributed by atoms with van der Waals surface area (Å²) in [6.07, 6.45) is 1.75. The molecule has 5 rings (SSSR count). The minimum absolute atomic E-state index is 0.546. The van der Waals surface area contributed by atoms with Crippen molar-refractivity contribution < 1.29 is 9.47 Å². The molecule has 3 heterocycles. The largest absolute Gasteiger partial charge is 0.486 e. The van der Waals surface area contributed by atoms with Gasteiger partial charge in [0, 0.05) is 21.8 Å². The van der Waals surface area contributed by atoms with Crippen molar-refractivity contribution in [3.05, 3.63) is 59.2 Å². The molecular weight excluding hydrogens is 396 g/mol. The predicted octanol–water partition coefficient (Wildman–Crippen LogP) is 3.99. The van der Waals surface area contributed by atoms with Crippen LogP contribution in [-0.4, -0.2) is 32.8 Å². The second-order valence-corrected chi connectivity index (χ2v) is 6.76. The Morgan fingerprint density at radius 1 is 0.885 bits per heavy atom. The van der Waals surface area contributed by atoms with E-state index in [0.717, 1.165) is 27.0 Å². The molecule has 7 heteroatoms. The van der Waals surface area contributed by atoms with Crippen LogP contribution in [0.4, 0.5) is 0 Å². The lowest BCUT2D eigenvalue weighted by molar-refractivity contribution is 0.171. The first-order valence-electron chi connectivity index (χ1n) is 8.16. The molecule has 1 aliphatic rings. The molecule has 2 aromatic heterocycles. The van der Waals surface area contributed by atoms with Gasteiger partial charge in [0.25, 0.3) is 5.78 Å². The molecule has 4 aromatic rings. The molecule has 0 fully saturated rings. The van der Waals surface area contributed by atoms with E-state index in [1.807, 2.05) is 48.5 Å². The number of hydrogen-bond acceptors (Lipinski definition) is 5. The van der Waals surface area contributed by atoms with Crippen molar-refractivity contribution in [1.82, 2.24) is 19.6 Å². The molecule has 0 bridgehead atoms. The zero-order valence-electron chi connectivity index (χ0n) is 13.6. The van der Waals surface area contributed by atoms with Crippen LogP contribution in [0.5, 0.6) is 11.5 Å². The SMILES string of the molecule is Brc1ccc(-c2ccnc3nc(-c4ccc5c(c4)OCCO5)nn23)cc1. The Kier molecular flexibility index (Phi) is 3.60. The van der Waals surface area contributed by atoms with Gasteiger partial charge in [-0.2, -0.15) is 9.50 Å². The maximum Gasteiger partial charge on any atom is 0.253 e. The van der Waals surface area contributed by atoms with Crippen LogP contribution in [0.1, 0.15) is 0 Å². The Hall–Kier alpha value is -2.93. The fraction of sp³-hybridized carbons (Fsp3) is 0.105. The van der Waals surface area contributed by atoms with Gasteiger partial charge in [-0.15, -0.1) is 5.10 Å². The number of ether oxygens (including phenoxy) is 2. The van der Waals surface area contributed by atoms with Gasteiger partial charge < -0.3 is 9.47 Å². The van der Waals surface area contributed by atoms with Crippen LogP contribution in [0, 0.1) is 0 Å². The molecule has 0 radical (unpaired) electrons. The highest BCUT2D eigenvalue weighted by Crippen LogP contribution is 2.34. The summed E-state index contributed by atoms with van der Waals surface area (Å²) in [6.45, 7) is 1.11. The maximum absolute atomic E-state index is 5.66. The highest BCUT2D eigenvalue weighted by atomic mass is 79.9. The van der Waals surface area contributed by atoms with Gasteiger partial charge in [0.05, 0.1) is 5.69 Å². The number of hydrogen-bond donors (Lipinski definition) is 0. The fourth-order valence-electron chi connectivity index (χ4n) is 2.94. The van der Waals surface area contributed by atoms with Gasteiger partial charge in [0.1, 0.15) is 13.2 Å². The molecule has 2 aromatic carbocycles. The van der Waals surface area contributed by atoms with Crippen molar-refractivity contribution >= 4 is 21.7 Å². The first-order valence-corrected chi connectivity index (χ1v) is 8.95. The minimum Gasteiger partial charge on any atom is -0.486 e. The smallest absolute Gasteiger partial charge is 0.253 e. The first-order chi connectivity index (χ1) is 12.8. The highest BCUT2D eigenvalue weighted by Gasteiger charge is 2.16. The molecule has 0 atom stereocenters. The normalized spacial score (nSPS) is 13.1. The van der Waals surface area contributed by atoms with E-state index in [1.54, 1.807) is 10.7 Å². The van der Waals surface area contributed by atoms with Crippen molar-refractivity contribution in [2.75, 3.05) is 13.2 Å². The summed E-state index contributed by atoms with van der Waals surface area (Å²) >= 11 is 3.46. The van der Waals surface area contributed by atoms with Crippen molar-refractivity contribution in [1.29, 1.82) is 0 Å². The van der Waals surface area contributed by atoms with Crippen LogP contribution in [0.15, 0.2) is 59.2 Å². The molecule has 0 amide bonds. The van der Waals surface area contributed by atoms with Crippen LogP contribution < -0.4 is 9.47 Å². The lowest BCUT2D eigenvalue weighted by Crippen LogP contribution is -2.15. The summed E-state index contributed by atoms with van der Waals surface area (Å²) in [5.74, 6) is 2.61. The Morgan fingerprint density at radius 3 is 2.50 bits per heavy atom. The van der Waals surface area contributed by atoms with Crippen LogP contribution in [0.25, 0.3) is 28.4 Å². The summed E-state index contributed by atoms with van der Waals surface area (Å²) in [6, 6.07) is 15.7. The third-order valence-corrected chi connectivity index (χ3v) is 4.71. The molecule has 0 saturated heterocycles. The predicted molar refractivity (Wildman–Crippen MR) is 100 cm³/mol. The Labute approximate surface area is 157 Å². The summed E-state index contributed by atoms with van der Waals surface area (Å²) in [5.41, 5.74) is 2.83. The monoisotopic (exact) mass is 408 g/mol. The number of nitrogens with zero attached hydrogens (tertiary/aromatic N) is 4. The Balaban J connectivity index is 1.62. The van der Waals surface area contributed by atoms with Crippen LogP contribution in [-0.2, 0) is 0 Å².